The third-order valence-electron chi connectivity index (χ3n) is 4.36. The largest absolute Gasteiger partial charge is 0.212 e. The van der Waals surface area contributed by atoms with E-state index in [1.54, 1.807) is 0 Å². The Kier molecular flexibility index (Phi) is 5.69. The average molecular weight is 330 g/mol. The van der Waals surface area contributed by atoms with Crippen molar-refractivity contribution in [3.63, 3.8) is 0 Å². The monoisotopic (exact) mass is 329 g/mol. The zero-order valence-electron chi connectivity index (χ0n) is 12.5. The third-order valence-corrected chi connectivity index (χ3v) is 6.36. The molecule has 3 nitrogen and oxygen atoms in total. The van der Waals surface area contributed by atoms with Crippen LogP contribution in [0.2, 0.25) is 0 Å². The Morgan fingerprint density at radius 3 is 2.43 bits per heavy atom. The minimum absolute atomic E-state index is 0.116. The second-order valence-electron chi connectivity index (χ2n) is 6.25. The maximum atomic E-state index is 12.3. The van der Waals surface area contributed by atoms with Gasteiger partial charge in [0.1, 0.15) is 0 Å². The molecule has 0 aromatic heterocycles. The van der Waals surface area contributed by atoms with Crippen LogP contribution in [0.25, 0.3) is 0 Å². The number of aryl methyl sites for hydroxylation is 1. The second-order valence-corrected chi connectivity index (χ2v) is 8.36. The van der Waals surface area contributed by atoms with E-state index in [9.17, 15) is 8.42 Å². The van der Waals surface area contributed by atoms with Gasteiger partial charge in [0, 0.05) is 11.4 Å². The van der Waals surface area contributed by atoms with Gasteiger partial charge in [-0.2, -0.15) is 0 Å². The number of benzene rings is 1. The van der Waals surface area contributed by atoms with Gasteiger partial charge in [0.2, 0.25) is 10.0 Å². The normalized spacial score (nSPS) is 26.7. The van der Waals surface area contributed by atoms with Gasteiger partial charge >= 0.3 is 0 Å². The molecule has 1 aliphatic rings. The summed E-state index contributed by atoms with van der Waals surface area (Å²) in [6.07, 6.45) is 4.28. The fourth-order valence-corrected chi connectivity index (χ4v) is 4.81. The number of rotatable bonds is 6. The minimum atomic E-state index is -3.30. The van der Waals surface area contributed by atoms with Crippen molar-refractivity contribution in [3.05, 3.63) is 35.9 Å². The first kappa shape index (κ1) is 16.8. The lowest BCUT2D eigenvalue weighted by Gasteiger charge is -2.38. The predicted octanol–water partition coefficient (Wildman–Crippen LogP) is 3.34. The van der Waals surface area contributed by atoms with Crippen LogP contribution in [0, 0.1) is 5.92 Å². The summed E-state index contributed by atoms with van der Waals surface area (Å²) in [4.78, 5) is 0. The molecule has 1 saturated carbocycles. The maximum Gasteiger partial charge on any atom is 0.212 e. The molecular weight excluding hydrogens is 306 g/mol. The maximum absolute atomic E-state index is 12.3. The Morgan fingerprint density at radius 1 is 1.24 bits per heavy atom. The van der Waals surface area contributed by atoms with E-state index in [1.165, 1.54) is 0 Å². The number of sulfonamides is 1. The predicted molar refractivity (Wildman–Crippen MR) is 88.2 cm³/mol. The van der Waals surface area contributed by atoms with Crippen molar-refractivity contribution < 1.29 is 8.42 Å². The van der Waals surface area contributed by atoms with E-state index in [0.29, 0.717) is 18.2 Å². The molecule has 0 saturated heterocycles. The standard InChI is InChI=1S/C16H24ClNO2S/c1-14-7-10-16(13-17,11-8-14)18-21(19,20)12-9-15-5-3-2-4-6-15/h2-6,14,18H,7-13H2,1H3. The van der Waals surface area contributed by atoms with Crippen LogP contribution in [0.5, 0.6) is 0 Å². The highest BCUT2D eigenvalue weighted by Gasteiger charge is 2.36. The lowest BCUT2D eigenvalue weighted by Crippen LogP contribution is -2.52. The number of hydrogen-bond donors (Lipinski definition) is 1. The van der Waals surface area contributed by atoms with E-state index in [0.717, 1.165) is 31.2 Å². The van der Waals surface area contributed by atoms with E-state index in [1.807, 2.05) is 30.3 Å². The van der Waals surface area contributed by atoms with Crippen molar-refractivity contribution in [2.24, 2.45) is 5.92 Å². The molecule has 0 unspecified atom stereocenters. The molecule has 0 spiro atoms. The highest BCUT2D eigenvalue weighted by molar-refractivity contribution is 7.89. The Balaban J connectivity index is 1.96. The van der Waals surface area contributed by atoms with Crippen LogP contribution < -0.4 is 4.72 Å². The van der Waals surface area contributed by atoms with E-state index < -0.39 is 15.6 Å². The lowest BCUT2D eigenvalue weighted by atomic mass is 9.79. The Morgan fingerprint density at radius 2 is 1.86 bits per heavy atom. The molecule has 1 N–H and O–H groups in total. The van der Waals surface area contributed by atoms with Gasteiger partial charge in [0.05, 0.1) is 5.75 Å². The van der Waals surface area contributed by atoms with E-state index in [4.69, 9.17) is 11.6 Å². The number of nitrogens with one attached hydrogen (secondary N) is 1. The molecule has 0 heterocycles. The fourth-order valence-electron chi connectivity index (χ4n) is 2.86. The highest BCUT2D eigenvalue weighted by atomic mass is 35.5. The van der Waals surface area contributed by atoms with Gasteiger partial charge in [-0.15, -0.1) is 11.6 Å². The van der Waals surface area contributed by atoms with Gasteiger partial charge in [-0.25, -0.2) is 13.1 Å². The van der Waals surface area contributed by atoms with Crippen LogP contribution in [0.3, 0.4) is 0 Å². The Bertz CT molecular complexity index is 537. The summed E-state index contributed by atoms with van der Waals surface area (Å²) in [7, 11) is -3.30. The van der Waals surface area contributed by atoms with Crippen LogP contribution >= 0.6 is 11.6 Å². The first-order valence-corrected chi connectivity index (χ1v) is 9.75. The van der Waals surface area contributed by atoms with E-state index in [2.05, 4.69) is 11.6 Å². The van der Waals surface area contributed by atoms with Gasteiger partial charge < -0.3 is 0 Å². The van der Waals surface area contributed by atoms with Crippen molar-refractivity contribution in [3.8, 4) is 0 Å². The van der Waals surface area contributed by atoms with Gasteiger partial charge in [-0.05, 0) is 43.6 Å². The molecule has 0 radical (unpaired) electrons. The molecule has 1 aromatic carbocycles. The molecule has 0 amide bonds. The first-order valence-electron chi connectivity index (χ1n) is 7.56. The Labute approximate surface area is 133 Å². The van der Waals surface area contributed by atoms with Gasteiger partial charge in [-0.1, -0.05) is 37.3 Å². The van der Waals surface area contributed by atoms with Crippen LogP contribution in [0.15, 0.2) is 30.3 Å². The van der Waals surface area contributed by atoms with Crippen LogP contribution in [0.1, 0.15) is 38.2 Å². The SMILES string of the molecule is CC1CCC(CCl)(NS(=O)(=O)CCc2ccccc2)CC1. The van der Waals surface area contributed by atoms with Gasteiger partial charge in [-0.3, -0.25) is 0 Å². The summed E-state index contributed by atoms with van der Waals surface area (Å²) < 4.78 is 27.6. The smallest absolute Gasteiger partial charge is 0.212 e. The summed E-state index contributed by atoms with van der Waals surface area (Å²) >= 11 is 6.08. The van der Waals surface area contributed by atoms with Crippen molar-refractivity contribution >= 4 is 21.6 Å². The summed E-state index contributed by atoms with van der Waals surface area (Å²) in [6, 6.07) is 9.70. The van der Waals surface area contributed by atoms with Crippen molar-refractivity contribution in [1.29, 1.82) is 0 Å². The minimum Gasteiger partial charge on any atom is -0.212 e. The lowest BCUT2D eigenvalue weighted by molar-refractivity contribution is 0.247. The number of halogens is 1. The molecule has 0 atom stereocenters. The molecule has 1 fully saturated rings. The van der Waals surface area contributed by atoms with Crippen molar-refractivity contribution in [2.45, 2.75) is 44.6 Å². The zero-order valence-corrected chi connectivity index (χ0v) is 14.1. The van der Waals surface area contributed by atoms with Crippen LogP contribution in [-0.4, -0.2) is 25.6 Å². The van der Waals surface area contributed by atoms with Crippen molar-refractivity contribution in [1.82, 2.24) is 4.72 Å². The zero-order chi connectivity index (χ0) is 15.3. The first-order chi connectivity index (χ1) is 9.95. The van der Waals surface area contributed by atoms with Crippen LogP contribution in [-0.2, 0) is 16.4 Å². The number of alkyl halides is 1. The summed E-state index contributed by atoms with van der Waals surface area (Å²) in [6.45, 7) is 2.21. The molecule has 21 heavy (non-hydrogen) atoms. The summed E-state index contributed by atoms with van der Waals surface area (Å²) in [5, 5.41) is 0. The van der Waals surface area contributed by atoms with Crippen molar-refractivity contribution in [2.75, 3.05) is 11.6 Å². The van der Waals surface area contributed by atoms with Gasteiger partial charge in [0.15, 0.2) is 0 Å². The second kappa shape index (κ2) is 7.12. The highest BCUT2D eigenvalue weighted by Crippen LogP contribution is 2.33. The van der Waals surface area contributed by atoms with E-state index >= 15 is 0 Å². The Hall–Kier alpha value is -0.580. The number of hydrogen-bond acceptors (Lipinski definition) is 2. The quantitative estimate of drug-likeness (QED) is 0.814. The molecular formula is C16H24ClNO2S. The molecule has 5 heteroatoms. The molecule has 1 aliphatic carbocycles. The summed E-state index contributed by atoms with van der Waals surface area (Å²) in [5.41, 5.74) is 0.601. The average Bonchev–Trinajstić information content (AvgIpc) is 2.49. The third kappa shape index (κ3) is 4.97. The fraction of sp³-hybridized carbons (Fsp3) is 0.625. The summed E-state index contributed by atoms with van der Waals surface area (Å²) in [5.74, 6) is 1.13. The molecule has 1 aromatic rings. The molecule has 2 rings (SSSR count). The topological polar surface area (TPSA) is 46.2 Å². The molecule has 0 aliphatic heterocycles. The van der Waals surface area contributed by atoms with Crippen LogP contribution in [0.4, 0.5) is 0 Å². The van der Waals surface area contributed by atoms with E-state index in [-0.39, 0.29) is 5.75 Å². The molecule has 118 valence electrons. The van der Waals surface area contributed by atoms with Gasteiger partial charge in [0.25, 0.3) is 0 Å². The molecule has 0 bridgehead atoms.